The van der Waals surface area contributed by atoms with E-state index < -0.39 is 12.1 Å². The van der Waals surface area contributed by atoms with Crippen LogP contribution in [0.15, 0.2) is 42.5 Å². The Kier molecular flexibility index (Phi) is 3.96. The molecule has 0 spiro atoms. The summed E-state index contributed by atoms with van der Waals surface area (Å²) in [5, 5.41) is 9.73. The fraction of sp³-hybridized carbons (Fsp3) is 0.176. The zero-order chi connectivity index (χ0) is 16.6. The van der Waals surface area contributed by atoms with Crippen LogP contribution in [0.1, 0.15) is 22.8 Å². The van der Waals surface area contributed by atoms with E-state index in [0.717, 1.165) is 5.56 Å². The Labute approximate surface area is 138 Å². The predicted molar refractivity (Wildman–Crippen MR) is 86.1 cm³/mol. The van der Waals surface area contributed by atoms with E-state index in [-0.39, 0.29) is 11.5 Å². The summed E-state index contributed by atoms with van der Waals surface area (Å²) in [5.74, 6) is -0.786. The van der Waals surface area contributed by atoms with Crippen molar-refractivity contribution in [3.05, 3.63) is 58.6 Å². The molecule has 1 amide bonds. The van der Waals surface area contributed by atoms with Crippen molar-refractivity contribution in [2.75, 3.05) is 4.90 Å². The lowest BCUT2D eigenvalue weighted by Crippen LogP contribution is -2.44. The molecule has 1 N–H and O–H groups in total. The maximum atomic E-state index is 12.5. The standard InChI is InChI=1S/C17H14ClNO4/c1-10-16(20)19(9-11-3-2-4-13(18)7-11)14-8-12(17(21)22)5-6-15(14)23-10/h2-8,10H,9H2,1H3,(H,21,22). The summed E-state index contributed by atoms with van der Waals surface area (Å²) < 4.78 is 5.56. The van der Waals surface area contributed by atoms with E-state index >= 15 is 0 Å². The lowest BCUT2D eigenvalue weighted by atomic mass is 10.1. The third-order valence-electron chi connectivity index (χ3n) is 3.64. The van der Waals surface area contributed by atoms with Gasteiger partial charge in [-0.05, 0) is 42.8 Å². The van der Waals surface area contributed by atoms with Gasteiger partial charge >= 0.3 is 5.97 Å². The van der Waals surface area contributed by atoms with E-state index in [2.05, 4.69) is 0 Å². The monoisotopic (exact) mass is 331 g/mol. The Hall–Kier alpha value is -2.53. The van der Waals surface area contributed by atoms with Crippen molar-refractivity contribution in [3.63, 3.8) is 0 Å². The molecule has 118 valence electrons. The molecule has 3 rings (SSSR count). The largest absolute Gasteiger partial charge is 0.479 e. The van der Waals surface area contributed by atoms with Gasteiger partial charge in [0.15, 0.2) is 6.10 Å². The van der Waals surface area contributed by atoms with E-state index in [9.17, 15) is 9.59 Å². The molecule has 0 saturated carbocycles. The normalized spacial score (nSPS) is 16.7. The topological polar surface area (TPSA) is 66.8 Å². The molecule has 2 aromatic carbocycles. The second-order valence-electron chi connectivity index (χ2n) is 5.30. The summed E-state index contributed by atoms with van der Waals surface area (Å²) in [6.07, 6.45) is -0.627. The van der Waals surface area contributed by atoms with Gasteiger partial charge in [0.1, 0.15) is 5.75 Å². The number of amides is 1. The molecule has 0 bridgehead atoms. The Balaban J connectivity index is 2.03. The highest BCUT2D eigenvalue weighted by atomic mass is 35.5. The van der Waals surface area contributed by atoms with Crippen molar-refractivity contribution < 1.29 is 19.4 Å². The molecule has 0 saturated heterocycles. The van der Waals surface area contributed by atoms with E-state index in [4.69, 9.17) is 21.4 Å². The minimum absolute atomic E-state index is 0.103. The SMILES string of the molecule is CC1Oc2ccc(C(=O)O)cc2N(Cc2cccc(Cl)c2)C1=O. The zero-order valence-electron chi connectivity index (χ0n) is 12.3. The molecule has 6 heteroatoms. The summed E-state index contributed by atoms with van der Waals surface area (Å²) in [7, 11) is 0. The highest BCUT2D eigenvalue weighted by Gasteiger charge is 2.32. The Morgan fingerprint density at radius 1 is 1.30 bits per heavy atom. The van der Waals surface area contributed by atoms with Gasteiger partial charge in [-0.2, -0.15) is 0 Å². The number of anilines is 1. The van der Waals surface area contributed by atoms with Gasteiger partial charge in [-0.25, -0.2) is 4.79 Å². The van der Waals surface area contributed by atoms with Crippen molar-refractivity contribution in [1.82, 2.24) is 0 Å². The minimum Gasteiger partial charge on any atom is -0.479 e. The molecule has 1 unspecified atom stereocenters. The molecule has 0 radical (unpaired) electrons. The molecule has 5 nitrogen and oxygen atoms in total. The first-order valence-corrected chi connectivity index (χ1v) is 7.43. The number of rotatable bonds is 3. The van der Waals surface area contributed by atoms with E-state index in [1.165, 1.54) is 17.0 Å². The Morgan fingerprint density at radius 3 is 2.78 bits per heavy atom. The van der Waals surface area contributed by atoms with Gasteiger partial charge in [-0.1, -0.05) is 23.7 Å². The zero-order valence-corrected chi connectivity index (χ0v) is 13.1. The molecule has 23 heavy (non-hydrogen) atoms. The number of benzene rings is 2. The lowest BCUT2D eigenvalue weighted by Gasteiger charge is -2.33. The first-order chi connectivity index (χ1) is 11.0. The number of carboxylic acid groups (broad SMARTS) is 1. The third kappa shape index (κ3) is 3.00. The fourth-order valence-corrected chi connectivity index (χ4v) is 2.73. The van der Waals surface area contributed by atoms with Crippen molar-refractivity contribution >= 4 is 29.2 Å². The summed E-state index contributed by atoms with van der Waals surface area (Å²) in [6, 6.07) is 11.7. The average Bonchev–Trinajstić information content (AvgIpc) is 2.51. The highest BCUT2D eigenvalue weighted by molar-refractivity contribution is 6.30. The van der Waals surface area contributed by atoms with E-state index in [0.29, 0.717) is 23.0 Å². The van der Waals surface area contributed by atoms with Crippen molar-refractivity contribution in [2.24, 2.45) is 0 Å². The summed E-state index contributed by atoms with van der Waals surface area (Å²) >= 11 is 5.99. The summed E-state index contributed by atoms with van der Waals surface area (Å²) in [4.78, 5) is 25.2. The molecule has 0 aromatic heterocycles. The molecule has 1 aliphatic rings. The van der Waals surface area contributed by atoms with Crippen LogP contribution in [0.25, 0.3) is 0 Å². The minimum atomic E-state index is -1.05. The van der Waals surface area contributed by atoms with Gasteiger partial charge < -0.3 is 14.7 Å². The fourth-order valence-electron chi connectivity index (χ4n) is 2.52. The number of carbonyl (C=O) groups is 2. The van der Waals surface area contributed by atoms with E-state index in [1.54, 1.807) is 31.2 Å². The second-order valence-corrected chi connectivity index (χ2v) is 5.74. The van der Waals surface area contributed by atoms with Crippen LogP contribution in [0, 0.1) is 0 Å². The smallest absolute Gasteiger partial charge is 0.335 e. The summed E-state index contributed by atoms with van der Waals surface area (Å²) in [5.41, 5.74) is 1.41. The molecule has 1 atom stereocenters. The van der Waals surface area contributed by atoms with Gasteiger partial charge in [0.05, 0.1) is 17.8 Å². The van der Waals surface area contributed by atoms with Gasteiger partial charge in [0.25, 0.3) is 5.91 Å². The van der Waals surface area contributed by atoms with Gasteiger partial charge in [0.2, 0.25) is 0 Å². The van der Waals surface area contributed by atoms with Gasteiger partial charge in [-0.15, -0.1) is 0 Å². The van der Waals surface area contributed by atoms with Crippen molar-refractivity contribution in [1.29, 1.82) is 0 Å². The third-order valence-corrected chi connectivity index (χ3v) is 3.88. The van der Waals surface area contributed by atoms with Crippen molar-refractivity contribution in [3.8, 4) is 5.75 Å². The first kappa shape index (κ1) is 15.4. The predicted octanol–water partition coefficient (Wildman–Crippen LogP) is 3.35. The van der Waals surface area contributed by atoms with Crippen LogP contribution in [0.5, 0.6) is 5.75 Å². The van der Waals surface area contributed by atoms with Crippen LogP contribution in [0.4, 0.5) is 5.69 Å². The number of hydrogen-bond acceptors (Lipinski definition) is 3. The van der Waals surface area contributed by atoms with Crippen molar-refractivity contribution in [2.45, 2.75) is 19.6 Å². The number of aromatic carboxylic acids is 1. The molecule has 2 aromatic rings. The quantitative estimate of drug-likeness (QED) is 0.936. The molecule has 0 fully saturated rings. The number of nitrogens with zero attached hydrogens (tertiary/aromatic N) is 1. The van der Waals surface area contributed by atoms with Crippen LogP contribution < -0.4 is 9.64 Å². The Morgan fingerprint density at radius 2 is 2.09 bits per heavy atom. The van der Waals surface area contributed by atoms with E-state index in [1.807, 2.05) is 6.07 Å². The maximum Gasteiger partial charge on any atom is 0.335 e. The van der Waals surface area contributed by atoms with Gasteiger partial charge in [0, 0.05) is 5.02 Å². The molecule has 0 aliphatic carbocycles. The summed E-state index contributed by atoms with van der Waals surface area (Å²) in [6.45, 7) is 1.96. The number of ether oxygens (including phenoxy) is 1. The van der Waals surface area contributed by atoms with Gasteiger partial charge in [-0.3, -0.25) is 4.79 Å². The number of hydrogen-bond donors (Lipinski definition) is 1. The van der Waals surface area contributed by atoms with Crippen LogP contribution in [0.2, 0.25) is 5.02 Å². The Bertz CT molecular complexity index is 790. The van der Waals surface area contributed by atoms with Crippen LogP contribution >= 0.6 is 11.6 Å². The molecule has 1 heterocycles. The number of fused-ring (bicyclic) bond motifs is 1. The molecule has 1 aliphatic heterocycles. The molecular weight excluding hydrogens is 318 g/mol. The first-order valence-electron chi connectivity index (χ1n) is 7.05. The second kappa shape index (κ2) is 5.93. The molecular formula is C17H14ClNO4. The van der Waals surface area contributed by atoms with Crippen LogP contribution in [-0.4, -0.2) is 23.1 Å². The van der Waals surface area contributed by atoms with Crippen LogP contribution in [-0.2, 0) is 11.3 Å². The number of carboxylic acids is 1. The van der Waals surface area contributed by atoms with Crippen LogP contribution in [0.3, 0.4) is 0 Å². The highest BCUT2D eigenvalue weighted by Crippen LogP contribution is 2.36. The number of halogens is 1. The average molecular weight is 332 g/mol. The lowest BCUT2D eigenvalue weighted by molar-refractivity contribution is -0.125. The number of carbonyl (C=O) groups excluding carboxylic acids is 1. The maximum absolute atomic E-state index is 12.5.